The Labute approximate surface area is 162 Å². The van der Waals surface area contributed by atoms with Crippen LogP contribution in [0.1, 0.15) is 71.6 Å². The molecule has 3 saturated carbocycles. The van der Waals surface area contributed by atoms with Gasteiger partial charge in [-0.3, -0.25) is 9.59 Å². The normalized spacial score (nSPS) is 43.5. The molecule has 3 fully saturated rings. The molecule has 4 heteroatoms. The molecule has 6 atom stereocenters. The van der Waals surface area contributed by atoms with Gasteiger partial charge in [-0.15, -0.1) is 0 Å². The summed E-state index contributed by atoms with van der Waals surface area (Å²) in [7, 11) is 0. The van der Waals surface area contributed by atoms with Gasteiger partial charge in [0, 0.05) is 18.4 Å². The number of ether oxygens (including phenoxy) is 1. The van der Waals surface area contributed by atoms with Crippen molar-refractivity contribution in [3.05, 3.63) is 11.6 Å². The highest BCUT2D eigenvalue weighted by atomic mass is 16.5. The van der Waals surface area contributed by atoms with Crippen LogP contribution in [-0.4, -0.2) is 30.1 Å². The van der Waals surface area contributed by atoms with Crippen molar-refractivity contribution in [2.75, 3.05) is 13.2 Å². The Balaban J connectivity index is 1.64. The first-order valence-electron chi connectivity index (χ1n) is 11.0. The van der Waals surface area contributed by atoms with E-state index in [0.29, 0.717) is 36.6 Å². The zero-order valence-electron chi connectivity index (χ0n) is 16.8. The summed E-state index contributed by atoms with van der Waals surface area (Å²) in [4.78, 5) is 24.0. The molecule has 0 aliphatic heterocycles. The van der Waals surface area contributed by atoms with Gasteiger partial charge in [0.05, 0.1) is 12.5 Å². The molecule has 0 amide bonds. The third-order valence-electron chi connectivity index (χ3n) is 8.70. The Hall–Kier alpha value is -1.16. The first kappa shape index (κ1) is 19.2. The van der Waals surface area contributed by atoms with Gasteiger partial charge >= 0.3 is 5.97 Å². The van der Waals surface area contributed by atoms with Gasteiger partial charge in [-0.25, -0.2) is 0 Å². The molecule has 4 aliphatic rings. The van der Waals surface area contributed by atoms with Crippen LogP contribution in [-0.2, 0) is 14.3 Å². The van der Waals surface area contributed by atoms with E-state index in [0.717, 1.165) is 58.0 Å². The number of carboxylic acid groups (broad SMARTS) is 1. The van der Waals surface area contributed by atoms with Crippen LogP contribution < -0.4 is 0 Å². The summed E-state index contributed by atoms with van der Waals surface area (Å²) in [6, 6.07) is 0. The van der Waals surface area contributed by atoms with Gasteiger partial charge in [0.2, 0.25) is 0 Å². The number of allylic oxidation sites excluding steroid dienone is 1. The minimum Gasteiger partial charge on any atom is -0.481 e. The Morgan fingerprint density at radius 3 is 2.74 bits per heavy atom. The van der Waals surface area contributed by atoms with Crippen molar-refractivity contribution in [1.82, 2.24) is 0 Å². The zero-order valence-corrected chi connectivity index (χ0v) is 16.8. The molecule has 0 radical (unpaired) electrons. The molecular formula is C23H34O4. The van der Waals surface area contributed by atoms with Gasteiger partial charge in [-0.1, -0.05) is 19.4 Å². The number of hydrogen-bond acceptors (Lipinski definition) is 3. The van der Waals surface area contributed by atoms with E-state index < -0.39 is 5.97 Å². The average Bonchev–Trinajstić information content (AvgIpc) is 3.02. The van der Waals surface area contributed by atoms with Crippen LogP contribution in [0.4, 0.5) is 0 Å². The quantitative estimate of drug-likeness (QED) is 0.713. The fourth-order valence-corrected chi connectivity index (χ4v) is 7.43. The smallest absolute Gasteiger partial charge is 0.307 e. The Kier molecular flexibility index (Phi) is 4.99. The van der Waals surface area contributed by atoms with Crippen molar-refractivity contribution < 1.29 is 19.4 Å². The molecule has 0 saturated heterocycles. The predicted octanol–water partition coefficient (Wildman–Crippen LogP) is 4.63. The van der Waals surface area contributed by atoms with Crippen LogP contribution in [0, 0.1) is 34.5 Å². The molecule has 0 unspecified atom stereocenters. The molecule has 27 heavy (non-hydrogen) atoms. The fraction of sp³-hybridized carbons (Fsp3) is 0.826. The summed E-state index contributed by atoms with van der Waals surface area (Å²) in [6.07, 6.45) is 10.6. The Bertz CT molecular complexity index is 653. The van der Waals surface area contributed by atoms with Crippen molar-refractivity contribution in [3.8, 4) is 0 Å². The van der Waals surface area contributed by atoms with E-state index >= 15 is 0 Å². The SMILES string of the molecule is CCCOC[C@]12CC[C@H]3[C@@H](CCC4=CC(=O)CC[C@@]43C)[C@@H]1CC[C@@H]2C(=O)O. The molecule has 150 valence electrons. The molecule has 1 N–H and O–H groups in total. The van der Waals surface area contributed by atoms with Crippen LogP contribution in [0.5, 0.6) is 0 Å². The first-order chi connectivity index (χ1) is 12.9. The Morgan fingerprint density at radius 1 is 1.19 bits per heavy atom. The zero-order chi connectivity index (χ0) is 19.2. The van der Waals surface area contributed by atoms with E-state index in [9.17, 15) is 14.7 Å². The maximum atomic E-state index is 12.1. The molecule has 0 spiro atoms. The second-order valence-electron chi connectivity index (χ2n) is 9.76. The van der Waals surface area contributed by atoms with E-state index in [1.807, 2.05) is 6.08 Å². The molecule has 0 aromatic carbocycles. The van der Waals surface area contributed by atoms with Crippen LogP contribution in [0.15, 0.2) is 11.6 Å². The Morgan fingerprint density at radius 2 is 2.00 bits per heavy atom. The maximum Gasteiger partial charge on any atom is 0.307 e. The largest absolute Gasteiger partial charge is 0.481 e. The van der Waals surface area contributed by atoms with E-state index in [2.05, 4.69) is 13.8 Å². The summed E-state index contributed by atoms with van der Waals surface area (Å²) in [6.45, 7) is 5.83. The number of fused-ring (bicyclic) bond motifs is 5. The van der Waals surface area contributed by atoms with Crippen molar-refractivity contribution in [1.29, 1.82) is 0 Å². The minimum atomic E-state index is -0.623. The molecule has 0 heterocycles. The van der Waals surface area contributed by atoms with Crippen molar-refractivity contribution in [2.45, 2.75) is 71.6 Å². The summed E-state index contributed by atoms with van der Waals surface area (Å²) < 4.78 is 6.01. The summed E-state index contributed by atoms with van der Waals surface area (Å²) >= 11 is 0. The van der Waals surface area contributed by atoms with E-state index in [1.54, 1.807) is 0 Å². The number of hydrogen-bond donors (Lipinski definition) is 1. The highest BCUT2D eigenvalue weighted by Crippen LogP contribution is 2.66. The standard InChI is InChI=1S/C23H34O4/c1-3-12-27-14-23-11-9-18-17(19(23)6-7-20(23)21(25)26)5-4-15-13-16(24)8-10-22(15,18)2/h13,17-20H,3-12,14H2,1-2H3,(H,25,26)/t17-,18+,19+,20-,22+,23-/m1/s1. The highest BCUT2D eigenvalue weighted by molar-refractivity contribution is 5.91. The number of aliphatic carboxylic acids is 1. The molecule has 0 aromatic rings. The summed E-state index contributed by atoms with van der Waals surface area (Å²) in [5, 5.41) is 9.94. The lowest BCUT2D eigenvalue weighted by molar-refractivity contribution is -0.155. The minimum absolute atomic E-state index is 0.147. The van der Waals surface area contributed by atoms with Crippen LogP contribution in [0.3, 0.4) is 0 Å². The third kappa shape index (κ3) is 2.90. The van der Waals surface area contributed by atoms with Gasteiger partial charge in [0.25, 0.3) is 0 Å². The maximum absolute atomic E-state index is 12.1. The lowest BCUT2D eigenvalue weighted by Gasteiger charge is -2.58. The second kappa shape index (κ2) is 7.02. The summed E-state index contributed by atoms with van der Waals surface area (Å²) in [5.41, 5.74) is 1.35. The molecule has 4 nitrogen and oxygen atoms in total. The molecule has 4 aliphatic carbocycles. The van der Waals surface area contributed by atoms with E-state index in [1.165, 1.54) is 5.57 Å². The monoisotopic (exact) mass is 374 g/mol. The number of carbonyl (C=O) groups excluding carboxylic acids is 1. The van der Waals surface area contributed by atoms with Crippen LogP contribution in [0.2, 0.25) is 0 Å². The van der Waals surface area contributed by atoms with Crippen LogP contribution >= 0.6 is 0 Å². The van der Waals surface area contributed by atoms with Gasteiger partial charge in [0.1, 0.15) is 0 Å². The topological polar surface area (TPSA) is 63.6 Å². The lowest BCUT2D eigenvalue weighted by Crippen LogP contribution is -2.53. The lowest BCUT2D eigenvalue weighted by atomic mass is 9.46. The number of carbonyl (C=O) groups is 2. The van der Waals surface area contributed by atoms with Crippen molar-refractivity contribution in [2.24, 2.45) is 34.5 Å². The van der Waals surface area contributed by atoms with Crippen LogP contribution in [0.25, 0.3) is 0 Å². The number of carboxylic acids is 1. The van der Waals surface area contributed by atoms with Crippen molar-refractivity contribution in [3.63, 3.8) is 0 Å². The van der Waals surface area contributed by atoms with E-state index in [4.69, 9.17) is 4.74 Å². The third-order valence-corrected chi connectivity index (χ3v) is 8.70. The molecule has 4 rings (SSSR count). The van der Waals surface area contributed by atoms with Gasteiger partial charge in [-0.05, 0) is 80.6 Å². The number of rotatable bonds is 5. The van der Waals surface area contributed by atoms with Gasteiger partial charge in [-0.2, -0.15) is 0 Å². The summed E-state index contributed by atoms with van der Waals surface area (Å²) in [5.74, 6) is 1.07. The molecule has 0 bridgehead atoms. The second-order valence-corrected chi connectivity index (χ2v) is 9.76. The average molecular weight is 375 g/mol. The van der Waals surface area contributed by atoms with Gasteiger partial charge in [0.15, 0.2) is 5.78 Å². The van der Waals surface area contributed by atoms with Gasteiger partial charge < -0.3 is 9.84 Å². The molecule has 0 aromatic heterocycles. The fourth-order valence-electron chi connectivity index (χ4n) is 7.43. The predicted molar refractivity (Wildman–Crippen MR) is 103 cm³/mol. The van der Waals surface area contributed by atoms with E-state index in [-0.39, 0.29) is 16.7 Å². The first-order valence-corrected chi connectivity index (χ1v) is 11.0. The van der Waals surface area contributed by atoms with Crippen molar-refractivity contribution >= 4 is 11.8 Å². The highest BCUT2D eigenvalue weighted by Gasteiger charge is 2.62. The number of ketones is 1. The molecular weight excluding hydrogens is 340 g/mol.